The van der Waals surface area contributed by atoms with E-state index >= 15 is 0 Å². The van der Waals surface area contributed by atoms with Crippen molar-refractivity contribution in [3.8, 4) is 0 Å². The summed E-state index contributed by atoms with van der Waals surface area (Å²) in [5, 5.41) is 21.7. The fourth-order valence-corrected chi connectivity index (χ4v) is 2.63. The summed E-state index contributed by atoms with van der Waals surface area (Å²) >= 11 is 0. The van der Waals surface area contributed by atoms with E-state index in [1.165, 1.54) is 10.9 Å². The largest absolute Gasteiger partial charge is 0.309 e. The maximum absolute atomic E-state index is 12.0. The number of nitrogens with zero attached hydrogens (tertiary/aromatic N) is 6. The van der Waals surface area contributed by atoms with Crippen LogP contribution in [0.25, 0.3) is 0 Å². The van der Waals surface area contributed by atoms with Gasteiger partial charge in [-0.1, -0.05) is 29.8 Å². The molecule has 0 bridgehead atoms. The second-order valence-corrected chi connectivity index (χ2v) is 6.17. The summed E-state index contributed by atoms with van der Waals surface area (Å²) in [5.74, 6) is -0.0746. The third kappa shape index (κ3) is 4.75. The van der Waals surface area contributed by atoms with E-state index in [9.17, 15) is 14.9 Å². The third-order valence-electron chi connectivity index (χ3n) is 3.90. The maximum atomic E-state index is 12.0. The molecule has 0 aliphatic carbocycles. The highest BCUT2D eigenvalue weighted by Gasteiger charge is 2.16. The van der Waals surface area contributed by atoms with Crippen molar-refractivity contribution in [2.24, 2.45) is 0 Å². The van der Waals surface area contributed by atoms with Crippen molar-refractivity contribution in [1.29, 1.82) is 0 Å². The van der Waals surface area contributed by atoms with Gasteiger partial charge in [-0.25, -0.2) is 9.67 Å². The quantitative estimate of drug-likeness (QED) is 0.503. The average molecular weight is 369 g/mol. The van der Waals surface area contributed by atoms with Crippen LogP contribution < -0.4 is 5.32 Å². The molecular formula is C17H19N7O3. The number of nitro groups is 1. The fraction of sp³-hybridized carbons (Fsp3) is 0.294. The number of hydrogen-bond donors (Lipinski definition) is 1. The third-order valence-corrected chi connectivity index (χ3v) is 3.90. The number of benzene rings is 1. The van der Waals surface area contributed by atoms with Gasteiger partial charge in [0.15, 0.2) is 0 Å². The van der Waals surface area contributed by atoms with Crippen LogP contribution in [0.1, 0.15) is 23.2 Å². The standard InChI is InChI=1S/C17H19N7O3/c1-12-4-3-5-14(8-12)9-23-11-18-17(21-23)19-16(25)6-7-22-10-15(24(26)27)13(2)20-22/h3-5,8,10-11H,6-7,9H2,1-2H3,(H,19,21,25). The zero-order valence-electron chi connectivity index (χ0n) is 15.0. The topological polar surface area (TPSA) is 121 Å². The lowest BCUT2D eigenvalue weighted by atomic mass is 10.1. The lowest BCUT2D eigenvalue weighted by molar-refractivity contribution is -0.385. The smallest absolute Gasteiger partial charge is 0.293 e. The van der Waals surface area contributed by atoms with Crippen molar-refractivity contribution < 1.29 is 9.72 Å². The number of rotatable bonds is 7. The first-order valence-electron chi connectivity index (χ1n) is 8.34. The van der Waals surface area contributed by atoms with Crippen molar-refractivity contribution >= 4 is 17.5 Å². The molecule has 10 nitrogen and oxygen atoms in total. The summed E-state index contributed by atoms with van der Waals surface area (Å²) in [7, 11) is 0. The number of nitrogens with one attached hydrogen (secondary N) is 1. The molecular weight excluding hydrogens is 350 g/mol. The average Bonchev–Trinajstić information content (AvgIpc) is 3.19. The van der Waals surface area contributed by atoms with Crippen molar-refractivity contribution in [2.45, 2.75) is 33.4 Å². The molecule has 0 fully saturated rings. The molecule has 0 saturated carbocycles. The minimum Gasteiger partial charge on any atom is -0.293 e. The molecule has 10 heteroatoms. The molecule has 3 aromatic rings. The molecule has 0 unspecified atom stereocenters. The SMILES string of the molecule is Cc1cccc(Cn2cnc(NC(=O)CCn3cc([N+](=O)[O-])c(C)n3)n2)c1. The van der Waals surface area contributed by atoms with E-state index in [1.807, 2.05) is 25.1 Å². The minimum atomic E-state index is -0.496. The van der Waals surface area contributed by atoms with Crippen molar-refractivity contribution in [3.63, 3.8) is 0 Å². The van der Waals surface area contributed by atoms with Crippen molar-refractivity contribution in [2.75, 3.05) is 5.32 Å². The molecule has 0 spiro atoms. The van der Waals surface area contributed by atoms with Crippen LogP contribution in [0.5, 0.6) is 0 Å². The summed E-state index contributed by atoms with van der Waals surface area (Å²) in [6.45, 7) is 4.36. The lowest BCUT2D eigenvalue weighted by Crippen LogP contribution is -2.16. The second-order valence-electron chi connectivity index (χ2n) is 6.17. The second kappa shape index (κ2) is 7.77. The Morgan fingerprint density at radius 2 is 2.07 bits per heavy atom. The highest BCUT2D eigenvalue weighted by atomic mass is 16.6. The Morgan fingerprint density at radius 3 is 2.78 bits per heavy atom. The first-order chi connectivity index (χ1) is 12.9. The monoisotopic (exact) mass is 369 g/mol. The van der Waals surface area contributed by atoms with Gasteiger partial charge in [0, 0.05) is 13.0 Å². The first-order valence-corrected chi connectivity index (χ1v) is 8.34. The Morgan fingerprint density at radius 1 is 1.26 bits per heavy atom. The molecule has 0 saturated heterocycles. The van der Waals surface area contributed by atoms with Gasteiger partial charge < -0.3 is 0 Å². The molecule has 27 heavy (non-hydrogen) atoms. The summed E-state index contributed by atoms with van der Waals surface area (Å²) in [6.07, 6.45) is 2.97. The van der Waals surface area contributed by atoms with E-state index in [0.717, 1.165) is 11.1 Å². The molecule has 140 valence electrons. The Balaban J connectivity index is 1.53. The fourth-order valence-electron chi connectivity index (χ4n) is 2.63. The molecule has 2 heterocycles. The van der Waals surface area contributed by atoms with Crippen molar-refractivity contribution in [3.05, 3.63) is 63.7 Å². The van der Waals surface area contributed by atoms with E-state index in [0.29, 0.717) is 12.2 Å². The van der Waals surface area contributed by atoms with E-state index in [2.05, 4.69) is 26.6 Å². The molecule has 0 atom stereocenters. The van der Waals surface area contributed by atoms with Gasteiger partial charge in [0.25, 0.3) is 0 Å². The normalized spacial score (nSPS) is 10.7. The van der Waals surface area contributed by atoms with Gasteiger partial charge in [-0.15, -0.1) is 5.10 Å². The number of carbonyl (C=O) groups is 1. The van der Waals surface area contributed by atoms with Gasteiger partial charge in [-0.05, 0) is 19.4 Å². The molecule has 1 N–H and O–H groups in total. The van der Waals surface area contributed by atoms with E-state index < -0.39 is 4.92 Å². The van der Waals surface area contributed by atoms with Crippen LogP contribution in [-0.4, -0.2) is 35.4 Å². The van der Waals surface area contributed by atoms with Crippen LogP contribution >= 0.6 is 0 Å². The molecule has 0 aliphatic rings. The predicted molar refractivity (Wildman–Crippen MR) is 97.2 cm³/mol. The zero-order chi connectivity index (χ0) is 19.4. The molecule has 0 radical (unpaired) electrons. The van der Waals surface area contributed by atoms with Gasteiger partial charge in [-0.2, -0.15) is 5.10 Å². The Kier molecular flexibility index (Phi) is 5.25. The Bertz CT molecular complexity index is 977. The number of aryl methyl sites for hydroxylation is 3. The van der Waals surface area contributed by atoms with Crippen LogP contribution in [0.3, 0.4) is 0 Å². The summed E-state index contributed by atoms with van der Waals surface area (Å²) in [4.78, 5) is 26.5. The first kappa shape index (κ1) is 18.2. The summed E-state index contributed by atoms with van der Waals surface area (Å²) in [5.41, 5.74) is 2.51. The van der Waals surface area contributed by atoms with Gasteiger partial charge in [-0.3, -0.25) is 24.9 Å². The van der Waals surface area contributed by atoms with Gasteiger partial charge >= 0.3 is 5.69 Å². The minimum absolute atomic E-state index is 0.0630. The summed E-state index contributed by atoms with van der Waals surface area (Å²) < 4.78 is 3.03. The molecule has 2 aromatic heterocycles. The summed E-state index contributed by atoms with van der Waals surface area (Å²) in [6, 6.07) is 8.06. The van der Waals surface area contributed by atoms with Gasteiger partial charge in [0.1, 0.15) is 18.2 Å². The van der Waals surface area contributed by atoms with E-state index in [4.69, 9.17) is 0 Å². The van der Waals surface area contributed by atoms with Crippen LogP contribution in [0.2, 0.25) is 0 Å². The van der Waals surface area contributed by atoms with Crippen molar-refractivity contribution in [1.82, 2.24) is 24.5 Å². The van der Waals surface area contributed by atoms with Crippen LogP contribution in [0.15, 0.2) is 36.8 Å². The number of carbonyl (C=O) groups excluding carboxylic acids is 1. The number of hydrogen-bond acceptors (Lipinski definition) is 6. The Labute approximate surface area is 155 Å². The molecule has 1 aromatic carbocycles. The van der Waals surface area contributed by atoms with Crippen LogP contribution in [0.4, 0.5) is 11.6 Å². The van der Waals surface area contributed by atoms with Gasteiger partial charge in [0.05, 0.1) is 11.5 Å². The van der Waals surface area contributed by atoms with E-state index in [-0.39, 0.29) is 30.5 Å². The highest BCUT2D eigenvalue weighted by Crippen LogP contribution is 2.15. The molecule has 0 aliphatic heterocycles. The highest BCUT2D eigenvalue weighted by molar-refractivity contribution is 5.88. The maximum Gasteiger partial charge on any atom is 0.309 e. The Hall–Kier alpha value is -3.56. The van der Waals surface area contributed by atoms with E-state index in [1.54, 1.807) is 17.9 Å². The lowest BCUT2D eigenvalue weighted by Gasteiger charge is -2.03. The number of anilines is 1. The predicted octanol–water partition coefficient (Wildman–Crippen LogP) is 2.08. The van der Waals surface area contributed by atoms with Crippen LogP contribution in [0, 0.1) is 24.0 Å². The molecule has 1 amide bonds. The number of aromatic nitrogens is 5. The number of amides is 1. The zero-order valence-corrected chi connectivity index (χ0v) is 15.0. The van der Waals surface area contributed by atoms with Gasteiger partial charge in [0.2, 0.25) is 11.9 Å². The molecule has 3 rings (SSSR count). The van der Waals surface area contributed by atoms with Crippen LogP contribution in [-0.2, 0) is 17.9 Å².